The van der Waals surface area contributed by atoms with Crippen molar-refractivity contribution in [2.45, 2.75) is 13.1 Å². The van der Waals surface area contributed by atoms with Gasteiger partial charge in [0.2, 0.25) is 0 Å². The smallest absolute Gasteiger partial charge is 0.254 e. The Hall–Kier alpha value is -3.85. The highest BCUT2D eigenvalue weighted by Crippen LogP contribution is 2.35. The minimum Gasteiger partial charge on any atom is -0.348 e. The van der Waals surface area contributed by atoms with Crippen LogP contribution in [0.3, 0.4) is 0 Å². The van der Waals surface area contributed by atoms with Crippen LogP contribution in [0.4, 0.5) is 15.9 Å². The van der Waals surface area contributed by atoms with Crippen LogP contribution in [0.2, 0.25) is 0 Å². The van der Waals surface area contributed by atoms with Crippen molar-refractivity contribution in [2.24, 2.45) is 0 Å². The summed E-state index contributed by atoms with van der Waals surface area (Å²) in [5.74, 6) is 0.0692. The van der Waals surface area contributed by atoms with Gasteiger partial charge in [-0.1, -0.05) is 6.07 Å². The number of nitrogens with zero attached hydrogens (tertiary/aromatic N) is 5. The summed E-state index contributed by atoms with van der Waals surface area (Å²) < 4.78 is 15.4. The van der Waals surface area contributed by atoms with E-state index in [0.29, 0.717) is 35.8 Å². The fraction of sp³-hybridized carbons (Fsp3) is 0.182. The zero-order chi connectivity index (χ0) is 21.5. The summed E-state index contributed by atoms with van der Waals surface area (Å²) in [5.41, 5.74) is 5.08. The van der Waals surface area contributed by atoms with Gasteiger partial charge in [0.25, 0.3) is 5.91 Å². The first-order valence-electron chi connectivity index (χ1n) is 9.79. The Labute approximate surface area is 177 Å². The first-order valence-corrected chi connectivity index (χ1v) is 9.79. The number of aromatic nitrogens is 4. The summed E-state index contributed by atoms with van der Waals surface area (Å²) in [5, 5.41) is 6.14. The highest BCUT2D eigenvalue weighted by Gasteiger charge is 2.27. The van der Waals surface area contributed by atoms with Gasteiger partial charge in [-0.3, -0.25) is 14.2 Å². The molecule has 0 fully saturated rings. The van der Waals surface area contributed by atoms with Gasteiger partial charge >= 0.3 is 0 Å². The number of hydrogen-bond acceptors (Lipinski definition) is 6. The van der Waals surface area contributed by atoms with Crippen LogP contribution in [-0.4, -0.2) is 44.3 Å². The van der Waals surface area contributed by atoms with E-state index in [4.69, 9.17) is 0 Å². The normalized spacial score (nSPS) is 13.0. The molecular weight excluding hydrogens is 397 g/mol. The molecule has 2 N–H and O–H groups in total. The van der Waals surface area contributed by atoms with E-state index in [9.17, 15) is 9.18 Å². The molecule has 0 radical (unpaired) electrons. The van der Waals surface area contributed by atoms with Gasteiger partial charge in [0.05, 0.1) is 35.0 Å². The van der Waals surface area contributed by atoms with Crippen molar-refractivity contribution in [2.75, 3.05) is 19.4 Å². The lowest BCUT2D eigenvalue weighted by Gasteiger charge is -2.14. The maximum absolute atomic E-state index is 13.5. The van der Waals surface area contributed by atoms with Crippen LogP contribution in [0.5, 0.6) is 0 Å². The zero-order valence-corrected chi connectivity index (χ0v) is 17.1. The molecule has 8 nitrogen and oxygen atoms in total. The molecule has 156 valence electrons. The Kier molecular flexibility index (Phi) is 4.59. The molecule has 0 saturated heterocycles. The second-order valence-corrected chi connectivity index (χ2v) is 7.67. The summed E-state index contributed by atoms with van der Waals surface area (Å²) in [4.78, 5) is 27.8. The zero-order valence-electron chi connectivity index (χ0n) is 17.1. The summed E-state index contributed by atoms with van der Waals surface area (Å²) in [6.45, 7) is 1.06. The summed E-state index contributed by atoms with van der Waals surface area (Å²) in [6.07, 6.45) is 6.68. The minimum absolute atomic E-state index is 0.156. The molecule has 0 saturated carbocycles. The molecule has 3 aromatic heterocycles. The third kappa shape index (κ3) is 3.49. The topological polar surface area (TPSA) is 87.5 Å². The average Bonchev–Trinajstić information content (AvgIpc) is 3.32. The lowest BCUT2D eigenvalue weighted by atomic mass is 9.99. The van der Waals surface area contributed by atoms with E-state index in [0.717, 1.165) is 22.5 Å². The number of benzene rings is 1. The van der Waals surface area contributed by atoms with E-state index in [1.807, 2.05) is 35.5 Å². The fourth-order valence-electron chi connectivity index (χ4n) is 3.85. The van der Waals surface area contributed by atoms with Crippen LogP contribution < -0.4 is 10.6 Å². The maximum Gasteiger partial charge on any atom is 0.254 e. The largest absolute Gasteiger partial charge is 0.348 e. The minimum atomic E-state index is -0.344. The van der Waals surface area contributed by atoms with Gasteiger partial charge in [0.1, 0.15) is 17.3 Å². The fourth-order valence-corrected chi connectivity index (χ4v) is 3.85. The Morgan fingerprint density at radius 2 is 2.10 bits per heavy atom. The molecule has 4 heterocycles. The lowest BCUT2D eigenvalue weighted by molar-refractivity contribution is 0.0966. The molecule has 1 aromatic carbocycles. The van der Waals surface area contributed by atoms with Crippen LogP contribution in [0.25, 0.3) is 16.9 Å². The van der Waals surface area contributed by atoms with E-state index in [2.05, 4.69) is 25.6 Å². The number of halogens is 1. The number of amides is 1. The standard InChI is InChI=1S/C22H20FN7O/c1-29(2)12-14-8-24-11-19(27-14)28-17-4-3-15(16-9-26-22(31)21(16)17)18-10-25-20-7-13(23)5-6-30(18)20/h3-8,10-11H,9,12H2,1-2H3,(H,26,31)(H,27,28). The third-order valence-corrected chi connectivity index (χ3v) is 5.14. The van der Waals surface area contributed by atoms with Crippen molar-refractivity contribution >= 4 is 23.1 Å². The number of rotatable bonds is 5. The highest BCUT2D eigenvalue weighted by molar-refractivity contribution is 6.06. The molecule has 1 amide bonds. The van der Waals surface area contributed by atoms with E-state index in [1.165, 1.54) is 12.1 Å². The number of imidazole rings is 1. The van der Waals surface area contributed by atoms with Gasteiger partial charge in [-0.05, 0) is 31.8 Å². The van der Waals surface area contributed by atoms with Crippen LogP contribution in [-0.2, 0) is 13.1 Å². The van der Waals surface area contributed by atoms with Crippen molar-refractivity contribution in [3.05, 3.63) is 71.7 Å². The molecule has 0 atom stereocenters. The lowest BCUT2D eigenvalue weighted by Crippen LogP contribution is -2.14. The van der Waals surface area contributed by atoms with Crippen LogP contribution in [0.15, 0.2) is 49.1 Å². The Balaban J connectivity index is 1.56. The molecule has 0 unspecified atom stereocenters. The number of pyridine rings is 1. The maximum atomic E-state index is 13.5. The molecule has 0 bridgehead atoms. The average molecular weight is 417 g/mol. The third-order valence-electron chi connectivity index (χ3n) is 5.14. The second-order valence-electron chi connectivity index (χ2n) is 7.67. The van der Waals surface area contributed by atoms with Crippen molar-refractivity contribution in [3.8, 4) is 11.3 Å². The first-order chi connectivity index (χ1) is 15.0. The number of fused-ring (bicyclic) bond motifs is 2. The van der Waals surface area contributed by atoms with Gasteiger partial charge in [-0.15, -0.1) is 0 Å². The monoisotopic (exact) mass is 417 g/mol. The number of anilines is 2. The van der Waals surface area contributed by atoms with E-state index in [1.54, 1.807) is 24.8 Å². The van der Waals surface area contributed by atoms with E-state index >= 15 is 0 Å². The Morgan fingerprint density at radius 1 is 1.23 bits per heavy atom. The summed E-state index contributed by atoms with van der Waals surface area (Å²) in [6, 6.07) is 6.55. The molecule has 1 aliphatic rings. The molecule has 9 heteroatoms. The van der Waals surface area contributed by atoms with Gasteiger partial charge in [0.15, 0.2) is 0 Å². The van der Waals surface area contributed by atoms with Gasteiger partial charge in [-0.2, -0.15) is 0 Å². The predicted molar refractivity (Wildman–Crippen MR) is 114 cm³/mol. The van der Waals surface area contributed by atoms with Crippen molar-refractivity contribution < 1.29 is 9.18 Å². The number of nitrogens with one attached hydrogen (secondary N) is 2. The number of hydrogen-bond donors (Lipinski definition) is 2. The highest BCUT2D eigenvalue weighted by atomic mass is 19.1. The molecule has 4 aromatic rings. The number of carbonyl (C=O) groups excluding carboxylic acids is 1. The van der Waals surface area contributed by atoms with Crippen molar-refractivity contribution in [1.29, 1.82) is 0 Å². The predicted octanol–water partition coefficient (Wildman–Crippen LogP) is 2.98. The van der Waals surface area contributed by atoms with Crippen molar-refractivity contribution in [3.63, 3.8) is 0 Å². The molecule has 0 spiro atoms. The van der Waals surface area contributed by atoms with Crippen LogP contribution in [0, 0.1) is 5.82 Å². The Morgan fingerprint density at radius 3 is 2.94 bits per heavy atom. The van der Waals surface area contributed by atoms with Crippen molar-refractivity contribution in [1.82, 2.24) is 29.6 Å². The number of carbonyl (C=O) groups is 1. The Bertz CT molecular complexity index is 1310. The van der Waals surface area contributed by atoms with E-state index < -0.39 is 0 Å². The van der Waals surface area contributed by atoms with Crippen LogP contribution in [0.1, 0.15) is 21.6 Å². The summed E-state index contributed by atoms with van der Waals surface area (Å²) in [7, 11) is 3.93. The van der Waals surface area contributed by atoms with E-state index in [-0.39, 0.29) is 11.7 Å². The van der Waals surface area contributed by atoms with Gasteiger partial charge in [-0.25, -0.2) is 14.4 Å². The SMILES string of the molecule is CN(C)Cc1cncc(Nc2ccc(-c3cnc4cc(F)ccn34)c3c2C(=O)NC3)n1. The van der Waals surface area contributed by atoms with Gasteiger partial charge in [0, 0.05) is 37.1 Å². The molecular formula is C22H20FN7O. The molecule has 31 heavy (non-hydrogen) atoms. The summed E-state index contributed by atoms with van der Waals surface area (Å²) >= 11 is 0. The van der Waals surface area contributed by atoms with Crippen LogP contribution >= 0.6 is 0 Å². The molecule has 1 aliphatic heterocycles. The quantitative estimate of drug-likeness (QED) is 0.519. The molecule has 0 aliphatic carbocycles. The van der Waals surface area contributed by atoms with Gasteiger partial charge < -0.3 is 15.5 Å². The second kappa shape index (κ2) is 7.44. The molecule has 5 rings (SSSR count). The first kappa shape index (κ1) is 19.1.